The molecule has 0 saturated carbocycles. The molecule has 150 valence electrons. The number of amides is 1. The minimum absolute atomic E-state index is 0.170. The van der Waals surface area contributed by atoms with Gasteiger partial charge in [-0.15, -0.1) is 0 Å². The van der Waals surface area contributed by atoms with Crippen LogP contribution in [-0.2, 0) is 16.1 Å². The molecule has 1 N–H and O–H groups in total. The second kappa shape index (κ2) is 9.50. The first-order valence-electron chi connectivity index (χ1n) is 9.12. The van der Waals surface area contributed by atoms with E-state index in [1.54, 1.807) is 24.3 Å². The molecule has 0 saturated heterocycles. The van der Waals surface area contributed by atoms with Crippen LogP contribution in [0.4, 0.5) is 0 Å². The monoisotopic (exact) mass is 395 g/mol. The van der Waals surface area contributed by atoms with Gasteiger partial charge in [-0.3, -0.25) is 9.59 Å². The highest BCUT2D eigenvalue weighted by atomic mass is 16.6. The van der Waals surface area contributed by atoms with Crippen LogP contribution in [0, 0.1) is 6.92 Å². The summed E-state index contributed by atoms with van der Waals surface area (Å²) in [5, 5.41) is 6.41. The molecular formula is C21H21N3O5. The molecule has 8 nitrogen and oxygen atoms in total. The number of rotatable bonds is 8. The molecule has 2 aromatic carbocycles. The lowest BCUT2D eigenvalue weighted by Gasteiger charge is -2.06. The van der Waals surface area contributed by atoms with E-state index in [2.05, 4.69) is 15.5 Å². The number of aryl methyl sites for hydroxylation is 1. The average Bonchev–Trinajstić information content (AvgIpc) is 3.20. The Kier molecular flexibility index (Phi) is 6.57. The van der Waals surface area contributed by atoms with Gasteiger partial charge in [-0.05, 0) is 43.7 Å². The van der Waals surface area contributed by atoms with E-state index in [1.165, 1.54) is 0 Å². The van der Waals surface area contributed by atoms with Crippen LogP contribution in [-0.4, -0.2) is 35.2 Å². The second-order valence-electron chi connectivity index (χ2n) is 6.13. The van der Waals surface area contributed by atoms with E-state index in [-0.39, 0.29) is 24.9 Å². The standard InChI is InChI=1S/C21H21N3O5/c1-3-27-16-10-8-15(9-11-16)21(26)22-12-19(25)28-13-18-23-20(24-29-18)17-7-5-4-6-14(17)2/h4-11H,3,12-13H2,1-2H3,(H,22,26). The number of aromatic nitrogens is 2. The number of hydrogen-bond acceptors (Lipinski definition) is 7. The molecule has 3 aromatic rings. The molecule has 0 bridgehead atoms. The minimum atomic E-state index is -0.611. The highest BCUT2D eigenvalue weighted by molar-refractivity contribution is 5.96. The molecule has 0 aliphatic carbocycles. The fourth-order valence-electron chi connectivity index (χ4n) is 2.56. The summed E-state index contributed by atoms with van der Waals surface area (Å²) in [6.07, 6.45) is 0. The van der Waals surface area contributed by atoms with Crippen molar-refractivity contribution in [3.05, 3.63) is 65.5 Å². The van der Waals surface area contributed by atoms with Crippen molar-refractivity contribution in [1.29, 1.82) is 0 Å². The largest absolute Gasteiger partial charge is 0.494 e. The minimum Gasteiger partial charge on any atom is -0.494 e. The lowest BCUT2D eigenvalue weighted by Crippen LogP contribution is -2.30. The van der Waals surface area contributed by atoms with Crippen LogP contribution in [0.25, 0.3) is 11.4 Å². The van der Waals surface area contributed by atoms with Gasteiger partial charge in [0, 0.05) is 11.1 Å². The molecule has 1 aromatic heterocycles. The van der Waals surface area contributed by atoms with Gasteiger partial charge in [-0.25, -0.2) is 0 Å². The molecule has 0 atom stereocenters. The first kappa shape index (κ1) is 20.1. The smallest absolute Gasteiger partial charge is 0.325 e. The first-order valence-corrected chi connectivity index (χ1v) is 9.12. The van der Waals surface area contributed by atoms with Crippen molar-refractivity contribution >= 4 is 11.9 Å². The van der Waals surface area contributed by atoms with Crippen LogP contribution in [0.2, 0.25) is 0 Å². The van der Waals surface area contributed by atoms with Gasteiger partial charge in [-0.1, -0.05) is 29.4 Å². The Balaban J connectivity index is 1.46. The average molecular weight is 395 g/mol. The van der Waals surface area contributed by atoms with Crippen molar-refractivity contribution < 1.29 is 23.6 Å². The number of carbonyl (C=O) groups is 2. The summed E-state index contributed by atoms with van der Waals surface area (Å²) in [5.74, 6) is 0.282. The molecule has 1 amide bonds. The van der Waals surface area contributed by atoms with Crippen molar-refractivity contribution in [2.75, 3.05) is 13.2 Å². The Bertz CT molecular complexity index is 982. The van der Waals surface area contributed by atoms with Gasteiger partial charge in [0.2, 0.25) is 5.82 Å². The third-order valence-corrected chi connectivity index (χ3v) is 4.03. The zero-order valence-corrected chi connectivity index (χ0v) is 16.2. The van der Waals surface area contributed by atoms with Crippen LogP contribution >= 0.6 is 0 Å². The number of carbonyl (C=O) groups excluding carboxylic acids is 2. The molecule has 3 rings (SSSR count). The topological polar surface area (TPSA) is 104 Å². The van der Waals surface area contributed by atoms with Crippen LogP contribution in [0.15, 0.2) is 53.1 Å². The molecule has 8 heteroatoms. The summed E-state index contributed by atoms with van der Waals surface area (Å²) in [5.41, 5.74) is 2.27. The van der Waals surface area contributed by atoms with Crippen LogP contribution in [0.5, 0.6) is 5.75 Å². The SMILES string of the molecule is CCOc1ccc(C(=O)NCC(=O)OCc2nc(-c3ccccc3C)no2)cc1. The normalized spacial score (nSPS) is 10.4. The maximum Gasteiger partial charge on any atom is 0.325 e. The van der Waals surface area contributed by atoms with Crippen molar-refractivity contribution in [3.8, 4) is 17.1 Å². The van der Waals surface area contributed by atoms with Crippen molar-refractivity contribution in [2.24, 2.45) is 0 Å². The van der Waals surface area contributed by atoms with Gasteiger partial charge in [0.15, 0.2) is 6.61 Å². The molecule has 0 fully saturated rings. The Morgan fingerprint density at radius 1 is 1.10 bits per heavy atom. The Morgan fingerprint density at radius 2 is 1.86 bits per heavy atom. The summed E-state index contributed by atoms with van der Waals surface area (Å²) < 4.78 is 15.5. The molecule has 1 heterocycles. The zero-order valence-electron chi connectivity index (χ0n) is 16.2. The van der Waals surface area contributed by atoms with Crippen LogP contribution in [0.3, 0.4) is 0 Å². The summed E-state index contributed by atoms with van der Waals surface area (Å²) in [6.45, 7) is 3.92. The zero-order chi connectivity index (χ0) is 20.6. The number of nitrogens with one attached hydrogen (secondary N) is 1. The summed E-state index contributed by atoms with van der Waals surface area (Å²) in [4.78, 5) is 28.2. The van der Waals surface area contributed by atoms with Crippen molar-refractivity contribution in [2.45, 2.75) is 20.5 Å². The van der Waals surface area contributed by atoms with Gasteiger partial charge >= 0.3 is 5.97 Å². The van der Waals surface area contributed by atoms with Crippen LogP contribution in [0.1, 0.15) is 28.7 Å². The molecular weight excluding hydrogens is 374 g/mol. The molecule has 0 spiro atoms. The Hall–Kier alpha value is -3.68. The Morgan fingerprint density at radius 3 is 2.59 bits per heavy atom. The lowest BCUT2D eigenvalue weighted by atomic mass is 10.1. The van der Waals surface area contributed by atoms with E-state index < -0.39 is 5.97 Å². The molecule has 29 heavy (non-hydrogen) atoms. The number of esters is 1. The fourth-order valence-corrected chi connectivity index (χ4v) is 2.56. The fraction of sp³-hybridized carbons (Fsp3) is 0.238. The maximum absolute atomic E-state index is 12.1. The first-order chi connectivity index (χ1) is 14.1. The third-order valence-electron chi connectivity index (χ3n) is 4.03. The quantitative estimate of drug-likeness (QED) is 0.585. The Labute approximate surface area is 167 Å². The highest BCUT2D eigenvalue weighted by Crippen LogP contribution is 2.19. The van der Waals surface area contributed by atoms with Gasteiger partial charge in [0.05, 0.1) is 6.61 Å². The number of ether oxygens (including phenoxy) is 2. The second-order valence-corrected chi connectivity index (χ2v) is 6.13. The van der Waals surface area contributed by atoms with Gasteiger partial charge in [0.1, 0.15) is 12.3 Å². The summed E-state index contributed by atoms with van der Waals surface area (Å²) >= 11 is 0. The van der Waals surface area contributed by atoms with Crippen molar-refractivity contribution in [3.63, 3.8) is 0 Å². The number of benzene rings is 2. The number of nitrogens with zero attached hydrogens (tertiary/aromatic N) is 2. The molecule has 0 aliphatic rings. The predicted octanol–water partition coefficient (Wildman–Crippen LogP) is 2.92. The van der Waals surface area contributed by atoms with E-state index in [1.807, 2.05) is 38.1 Å². The molecule has 0 unspecified atom stereocenters. The molecule has 0 radical (unpaired) electrons. The summed E-state index contributed by atoms with van der Waals surface area (Å²) in [6, 6.07) is 14.3. The van der Waals surface area contributed by atoms with Crippen LogP contribution < -0.4 is 10.1 Å². The maximum atomic E-state index is 12.1. The predicted molar refractivity (Wildman–Crippen MR) is 104 cm³/mol. The lowest BCUT2D eigenvalue weighted by molar-refractivity contribution is -0.144. The van der Waals surface area contributed by atoms with Crippen molar-refractivity contribution in [1.82, 2.24) is 15.5 Å². The van der Waals surface area contributed by atoms with Gasteiger partial charge in [-0.2, -0.15) is 4.98 Å². The van der Waals surface area contributed by atoms with E-state index in [0.717, 1.165) is 11.1 Å². The van der Waals surface area contributed by atoms with E-state index in [9.17, 15) is 9.59 Å². The van der Waals surface area contributed by atoms with E-state index in [4.69, 9.17) is 14.0 Å². The summed E-state index contributed by atoms with van der Waals surface area (Å²) in [7, 11) is 0. The molecule has 0 aliphatic heterocycles. The van der Waals surface area contributed by atoms with E-state index >= 15 is 0 Å². The van der Waals surface area contributed by atoms with Gasteiger partial charge < -0.3 is 19.3 Å². The highest BCUT2D eigenvalue weighted by Gasteiger charge is 2.13. The third kappa shape index (κ3) is 5.41. The number of hydrogen-bond donors (Lipinski definition) is 1. The van der Waals surface area contributed by atoms with Gasteiger partial charge in [0.25, 0.3) is 11.8 Å². The van der Waals surface area contributed by atoms with E-state index in [0.29, 0.717) is 23.7 Å².